The maximum Gasteiger partial charge on any atom is 0.110 e. The normalized spacial score (nSPS) is 23.9. The van der Waals surface area contributed by atoms with Crippen LogP contribution in [0.1, 0.15) is 24.4 Å². The molecule has 4 heteroatoms. The highest BCUT2D eigenvalue weighted by Crippen LogP contribution is 2.29. The zero-order valence-corrected chi connectivity index (χ0v) is 9.22. The highest BCUT2D eigenvalue weighted by atomic mass is 32.1. The van der Waals surface area contributed by atoms with Crippen molar-refractivity contribution >= 4 is 11.3 Å². The van der Waals surface area contributed by atoms with Gasteiger partial charge in [0.15, 0.2) is 0 Å². The Bertz CT molecular complexity index is 257. The van der Waals surface area contributed by atoms with Crippen LogP contribution in [-0.4, -0.2) is 24.7 Å². The number of rotatable bonds is 4. The Morgan fingerprint density at radius 1 is 1.79 bits per heavy atom. The minimum absolute atomic E-state index is 0.391. The summed E-state index contributed by atoms with van der Waals surface area (Å²) in [5.41, 5.74) is 0. The van der Waals surface area contributed by atoms with Gasteiger partial charge in [-0.3, -0.25) is 0 Å². The third kappa shape index (κ3) is 2.13. The summed E-state index contributed by atoms with van der Waals surface area (Å²) < 4.78 is 5.42. The van der Waals surface area contributed by atoms with Gasteiger partial charge < -0.3 is 10.1 Å². The van der Waals surface area contributed by atoms with Crippen LogP contribution in [0.4, 0.5) is 0 Å². The van der Waals surface area contributed by atoms with E-state index >= 15 is 0 Å². The molecule has 1 N–H and O–H groups in total. The van der Waals surface area contributed by atoms with Gasteiger partial charge in [0.2, 0.25) is 0 Å². The average molecular weight is 212 g/mol. The topological polar surface area (TPSA) is 34.2 Å². The van der Waals surface area contributed by atoms with E-state index in [-0.39, 0.29) is 0 Å². The molecule has 0 saturated carbocycles. The molecule has 78 valence electrons. The lowest BCUT2D eigenvalue weighted by Crippen LogP contribution is -2.28. The van der Waals surface area contributed by atoms with Gasteiger partial charge in [-0.05, 0) is 13.0 Å². The van der Waals surface area contributed by atoms with Crippen LogP contribution in [0.2, 0.25) is 0 Å². The van der Waals surface area contributed by atoms with Gasteiger partial charge in [0.1, 0.15) is 5.01 Å². The molecule has 0 amide bonds. The van der Waals surface area contributed by atoms with E-state index in [1.54, 1.807) is 11.3 Å². The van der Waals surface area contributed by atoms with Crippen LogP contribution in [0.5, 0.6) is 0 Å². The third-order valence-electron chi connectivity index (χ3n) is 2.58. The number of nitrogens with zero attached hydrogens (tertiary/aromatic N) is 1. The number of hydrogen-bond donors (Lipinski definition) is 1. The summed E-state index contributed by atoms with van der Waals surface area (Å²) in [4.78, 5) is 4.38. The van der Waals surface area contributed by atoms with Gasteiger partial charge in [0.05, 0.1) is 12.6 Å². The van der Waals surface area contributed by atoms with Gasteiger partial charge in [-0.25, -0.2) is 4.98 Å². The number of aromatic nitrogens is 1. The molecular formula is C10H16N2OS. The van der Waals surface area contributed by atoms with Crippen molar-refractivity contribution in [3.8, 4) is 0 Å². The highest BCUT2D eigenvalue weighted by molar-refractivity contribution is 7.09. The molecule has 2 atom stereocenters. The standard InChI is InChI=1S/C10H16N2OS/c1-2-11-9(8-3-5-13-7-8)10-12-4-6-14-10/h4,6,8-9,11H,2-3,5,7H2,1H3. The summed E-state index contributed by atoms with van der Waals surface area (Å²) in [6.45, 7) is 4.90. The molecule has 14 heavy (non-hydrogen) atoms. The van der Waals surface area contributed by atoms with Gasteiger partial charge >= 0.3 is 0 Å². The van der Waals surface area contributed by atoms with Crippen LogP contribution in [0.15, 0.2) is 11.6 Å². The van der Waals surface area contributed by atoms with Gasteiger partial charge in [-0.2, -0.15) is 0 Å². The second kappa shape index (κ2) is 4.87. The maximum absolute atomic E-state index is 5.42. The second-order valence-electron chi connectivity index (χ2n) is 3.53. The Kier molecular flexibility index (Phi) is 3.50. The fourth-order valence-electron chi connectivity index (χ4n) is 1.88. The molecule has 0 bridgehead atoms. The van der Waals surface area contributed by atoms with E-state index in [0.717, 1.165) is 26.2 Å². The van der Waals surface area contributed by atoms with E-state index in [9.17, 15) is 0 Å². The predicted molar refractivity (Wildman–Crippen MR) is 57.5 cm³/mol. The van der Waals surface area contributed by atoms with Crippen molar-refractivity contribution in [2.24, 2.45) is 5.92 Å². The Labute approximate surface area is 88.5 Å². The molecule has 1 saturated heterocycles. The minimum Gasteiger partial charge on any atom is -0.381 e. The van der Waals surface area contributed by atoms with E-state index in [1.165, 1.54) is 5.01 Å². The number of ether oxygens (including phenoxy) is 1. The molecular weight excluding hydrogens is 196 g/mol. The van der Waals surface area contributed by atoms with Crippen LogP contribution < -0.4 is 5.32 Å². The summed E-state index contributed by atoms with van der Waals surface area (Å²) >= 11 is 1.73. The zero-order valence-electron chi connectivity index (χ0n) is 8.40. The molecule has 2 heterocycles. The molecule has 0 radical (unpaired) electrons. The largest absolute Gasteiger partial charge is 0.381 e. The number of nitrogens with one attached hydrogen (secondary N) is 1. The number of thiazole rings is 1. The first-order valence-corrected chi connectivity index (χ1v) is 6.00. The molecule has 0 aliphatic carbocycles. The van der Waals surface area contributed by atoms with Crippen molar-refractivity contribution in [3.63, 3.8) is 0 Å². The molecule has 1 fully saturated rings. The molecule has 1 aromatic rings. The second-order valence-corrected chi connectivity index (χ2v) is 4.46. The molecule has 1 aromatic heterocycles. The van der Waals surface area contributed by atoms with Crippen LogP contribution in [0.25, 0.3) is 0 Å². The van der Waals surface area contributed by atoms with Gasteiger partial charge in [-0.1, -0.05) is 6.92 Å². The van der Waals surface area contributed by atoms with Gasteiger partial charge in [-0.15, -0.1) is 11.3 Å². The first kappa shape index (κ1) is 10.1. The van der Waals surface area contributed by atoms with Crippen molar-refractivity contribution in [2.75, 3.05) is 19.8 Å². The summed E-state index contributed by atoms with van der Waals surface area (Å²) in [6.07, 6.45) is 3.03. The molecule has 2 unspecified atom stereocenters. The van der Waals surface area contributed by atoms with E-state index in [4.69, 9.17) is 4.74 Å². The van der Waals surface area contributed by atoms with E-state index in [0.29, 0.717) is 12.0 Å². The van der Waals surface area contributed by atoms with Crippen LogP contribution >= 0.6 is 11.3 Å². The summed E-state index contributed by atoms with van der Waals surface area (Å²) in [5, 5.41) is 6.73. The maximum atomic E-state index is 5.42. The Hall–Kier alpha value is -0.450. The molecule has 2 rings (SSSR count). The first-order valence-electron chi connectivity index (χ1n) is 5.12. The molecule has 1 aliphatic heterocycles. The Morgan fingerprint density at radius 2 is 2.71 bits per heavy atom. The third-order valence-corrected chi connectivity index (χ3v) is 3.44. The van der Waals surface area contributed by atoms with E-state index < -0.39 is 0 Å². The van der Waals surface area contributed by atoms with Gasteiger partial charge in [0, 0.05) is 24.1 Å². The van der Waals surface area contributed by atoms with Crippen molar-refractivity contribution < 1.29 is 4.74 Å². The quantitative estimate of drug-likeness (QED) is 0.827. The first-order chi connectivity index (χ1) is 6.92. The van der Waals surface area contributed by atoms with Gasteiger partial charge in [0.25, 0.3) is 0 Å². The monoisotopic (exact) mass is 212 g/mol. The fourth-order valence-corrected chi connectivity index (χ4v) is 2.68. The Morgan fingerprint density at radius 3 is 3.29 bits per heavy atom. The zero-order chi connectivity index (χ0) is 9.80. The van der Waals surface area contributed by atoms with Crippen LogP contribution in [-0.2, 0) is 4.74 Å². The van der Waals surface area contributed by atoms with E-state index in [1.807, 2.05) is 11.6 Å². The smallest absolute Gasteiger partial charge is 0.110 e. The Balaban J connectivity index is 2.06. The van der Waals surface area contributed by atoms with Crippen LogP contribution in [0, 0.1) is 5.92 Å². The average Bonchev–Trinajstić information content (AvgIpc) is 2.87. The van der Waals surface area contributed by atoms with Crippen molar-refractivity contribution in [1.29, 1.82) is 0 Å². The summed E-state index contributed by atoms with van der Waals surface area (Å²) in [7, 11) is 0. The molecule has 0 spiro atoms. The van der Waals surface area contributed by atoms with Crippen molar-refractivity contribution in [3.05, 3.63) is 16.6 Å². The lowest BCUT2D eigenvalue weighted by Gasteiger charge is -2.20. The number of hydrogen-bond acceptors (Lipinski definition) is 4. The van der Waals surface area contributed by atoms with Crippen molar-refractivity contribution in [1.82, 2.24) is 10.3 Å². The summed E-state index contributed by atoms with van der Waals surface area (Å²) in [5.74, 6) is 0.598. The lowest BCUT2D eigenvalue weighted by molar-refractivity contribution is 0.177. The fraction of sp³-hybridized carbons (Fsp3) is 0.700. The lowest BCUT2D eigenvalue weighted by atomic mass is 9.99. The van der Waals surface area contributed by atoms with E-state index in [2.05, 4.69) is 17.2 Å². The molecule has 0 aromatic carbocycles. The summed E-state index contributed by atoms with van der Waals surface area (Å²) in [6, 6.07) is 0.391. The molecule has 3 nitrogen and oxygen atoms in total. The van der Waals surface area contributed by atoms with Crippen molar-refractivity contribution in [2.45, 2.75) is 19.4 Å². The minimum atomic E-state index is 0.391. The molecule has 1 aliphatic rings. The predicted octanol–water partition coefficient (Wildman–Crippen LogP) is 1.83. The highest BCUT2D eigenvalue weighted by Gasteiger charge is 2.27. The SMILES string of the molecule is CCNC(c1nccs1)C1CCOC1. The van der Waals surface area contributed by atoms with Crippen LogP contribution in [0.3, 0.4) is 0 Å².